The number of carbonyl (C=O) groups excluding carboxylic acids is 2. The lowest BCUT2D eigenvalue weighted by atomic mass is 9.77. The summed E-state index contributed by atoms with van der Waals surface area (Å²) in [6.45, 7) is 7.56. The Morgan fingerprint density at radius 2 is 1.42 bits per heavy atom. The van der Waals surface area contributed by atoms with E-state index < -0.39 is 17.2 Å². The minimum atomic E-state index is -1.30. The highest BCUT2D eigenvalue weighted by Gasteiger charge is 2.46. The first-order chi connectivity index (χ1) is 31.6. The number of fused-ring (bicyclic) bond motifs is 6. The second kappa shape index (κ2) is 17.7. The molecule has 3 heterocycles. The van der Waals surface area contributed by atoms with Gasteiger partial charge in [-0.3, -0.25) is 4.79 Å². The number of unbranched alkanes of at least 4 members (excludes halogenated alkanes) is 2. The molecule has 4 aliphatic rings. The molecule has 2 fully saturated rings. The molecule has 6 aromatic rings. The molecule has 0 bridgehead atoms. The molecule has 0 radical (unpaired) electrons. The monoisotopic (exact) mass is 867 g/mol. The Morgan fingerprint density at radius 1 is 0.738 bits per heavy atom. The van der Waals surface area contributed by atoms with Crippen molar-refractivity contribution in [1.29, 1.82) is 0 Å². The summed E-state index contributed by atoms with van der Waals surface area (Å²) in [6.07, 6.45) is 16.2. The average Bonchev–Trinajstić information content (AvgIpc) is 3.59. The molecule has 1 aliphatic carbocycles. The lowest BCUT2D eigenvalue weighted by molar-refractivity contribution is 0.00939. The van der Waals surface area contributed by atoms with Crippen LogP contribution in [0.5, 0.6) is 5.75 Å². The van der Waals surface area contributed by atoms with Gasteiger partial charge in [-0.25, -0.2) is 9.18 Å². The molecule has 1 N–H and O–H groups in total. The van der Waals surface area contributed by atoms with Gasteiger partial charge < -0.3 is 19.5 Å². The predicted molar refractivity (Wildman–Crippen MR) is 257 cm³/mol. The van der Waals surface area contributed by atoms with Crippen LogP contribution in [0.4, 0.5) is 10.1 Å². The van der Waals surface area contributed by atoms with Crippen LogP contribution < -0.4 is 10.1 Å². The van der Waals surface area contributed by atoms with Crippen LogP contribution in [0.2, 0.25) is 0 Å². The van der Waals surface area contributed by atoms with Crippen molar-refractivity contribution in [2.24, 2.45) is 5.92 Å². The summed E-state index contributed by atoms with van der Waals surface area (Å²) in [4.78, 5) is 27.2. The molecule has 3 aliphatic heterocycles. The quantitative estimate of drug-likeness (QED) is 0.104. The number of rotatable bonds is 11. The number of anilines is 1. The SMILES string of the molecule is CCCCCC1CCC(c2ccc(C(=O)Nc3ccc(-c4ccc5c6c(c7c(c5c4)C(=O)OC7(C)C)C=CC(c4ccc(C5CCOCC5)cc4)(c4ccccc4F)O6)cc3)cc2)CC1. The zero-order chi connectivity index (χ0) is 44.7. The van der Waals surface area contributed by atoms with Crippen molar-refractivity contribution in [1.82, 2.24) is 0 Å². The van der Waals surface area contributed by atoms with E-state index in [-0.39, 0.29) is 11.7 Å². The Balaban J connectivity index is 0.931. The van der Waals surface area contributed by atoms with Crippen molar-refractivity contribution >= 4 is 34.4 Å². The van der Waals surface area contributed by atoms with Gasteiger partial charge in [-0.2, -0.15) is 0 Å². The lowest BCUT2D eigenvalue weighted by Crippen LogP contribution is -2.36. The summed E-state index contributed by atoms with van der Waals surface area (Å²) < 4.78 is 35.0. The van der Waals surface area contributed by atoms with E-state index in [1.165, 1.54) is 68.6 Å². The van der Waals surface area contributed by atoms with Gasteiger partial charge in [-0.1, -0.05) is 111 Å². The number of esters is 1. The van der Waals surface area contributed by atoms with Crippen LogP contribution in [0.25, 0.3) is 28.0 Å². The molecule has 1 atom stereocenters. The van der Waals surface area contributed by atoms with E-state index in [1.807, 2.05) is 86.7 Å². The Hall–Kier alpha value is -6.05. The van der Waals surface area contributed by atoms with Crippen molar-refractivity contribution in [3.63, 3.8) is 0 Å². The zero-order valence-electron chi connectivity index (χ0n) is 37.8. The highest BCUT2D eigenvalue weighted by Crippen LogP contribution is 2.53. The molecular formula is C58H58FNO5. The highest BCUT2D eigenvalue weighted by molar-refractivity contribution is 6.13. The van der Waals surface area contributed by atoms with E-state index in [1.54, 1.807) is 12.1 Å². The normalized spacial score (nSPS) is 21.3. The number of benzene rings is 6. The standard InChI is InChI=1S/C58H58FNO5/c1-4-5-6-9-37-12-14-38(15-13-37)39-16-18-43(19-17-39)55(61)60-46-27-22-41(23-28-46)44-24-29-47-49(36-44)52-53(57(2,3)65-56(52)62)48-30-33-58(64-54(47)48,50-10-7-8-11-51(50)59)45-25-20-40(21-26-45)42-31-34-63-35-32-42/h7-8,10-11,16-30,33,36-38,42H,4-6,9,12-15,31-32,34-35H2,1-3H3,(H,60,61). The Kier molecular flexibility index (Phi) is 11.7. The average molecular weight is 868 g/mol. The molecule has 1 unspecified atom stereocenters. The fraction of sp³-hybridized carbons (Fsp3) is 0.345. The molecule has 332 valence electrons. The van der Waals surface area contributed by atoms with Crippen molar-refractivity contribution in [3.8, 4) is 16.9 Å². The number of hydrogen-bond acceptors (Lipinski definition) is 5. The summed E-state index contributed by atoms with van der Waals surface area (Å²) in [5, 5.41) is 4.50. The molecule has 0 spiro atoms. The van der Waals surface area contributed by atoms with Crippen LogP contribution in [0.3, 0.4) is 0 Å². The van der Waals surface area contributed by atoms with Crippen molar-refractivity contribution in [2.45, 2.75) is 108 Å². The summed E-state index contributed by atoms with van der Waals surface area (Å²) in [6, 6.07) is 37.1. The first kappa shape index (κ1) is 42.9. The second-order valence-corrected chi connectivity index (χ2v) is 19.2. The summed E-state index contributed by atoms with van der Waals surface area (Å²) >= 11 is 0. The van der Waals surface area contributed by atoms with Crippen molar-refractivity contribution in [2.75, 3.05) is 18.5 Å². The van der Waals surface area contributed by atoms with Gasteiger partial charge in [0, 0.05) is 57.5 Å². The molecule has 6 aromatic carbocycles. The fourth-order valence-corrected chi connectivity index (χ4v) is 11.1. The summed E-state index contributed by atoms with van der Waals surface area (Å²) in [5.74, 6) is 1.49. The second-order valence-electron chi connectivity index (χ2n) is 19.2. The Bertz CT molecular complexity index is 2760. The third-order valence-electron chi connectivity index (χ3n) is 14.7. The van der Waals surface area contributed by atoms with E-state index in [4.69, 9.17) is 14.2 Å². The van der Waals surface area contributed by atoms with Crippen LogP contribution in [-0.2, 0) is 20.7 Å². The lowest BCUT2D eigenvalue weighted by Gasteiger charge is -2.38. The topological polar surface area (TPSA) is 73.9 Å². The summed E-state index contributed by atoms with van der Waals surface area (Å²) in [5.41, 5.74) is 6.64. The number of carbonyl (C=O) groups is 2. The van der Waals surface area contributed by atoms with Gasteiger partial charge in [0.2, 0.25) is 0 Å². The van der Waals surface area contributed by atoms with Gasteiger partial charge in [0.25, 0.3) is 5.91 Å². The number of ether oxygens (including phenoxy) is 3. The molecule has 1 saturated carbocycles. The van der Waals surface area contributed by atoms with Crippen molar-refractivity contribution < 1.29 is 28.2 Å². The van der Waals surface area contributed by atoms with Crippen LogP contribution in [0.1, 0.15) is 151 Å². The number of cyclic esters (lactones) is 1. The van der Waals surface area contributed by atoms with Crippen LogP contribution in [0, 0.1) is 11.7 Å². The number of halogens is 1. The molecule has 65 heavy (non-hydrogen) atoms. The molecule has 1 amide bonds. The van der Waals surface area contributed by atoms with Gasteiger partial charge in [-0.05, 0) is 141 Å². The molecule has 1 saturated heterocycles. The first-order valence-corrected chi connectivity index (χ1v) is 23.8. The Morgan fingerprint density at radius 3 is 2.12 bits per heavy atom. The third kappa shape index (κ3) is 8.18. The number of nitrogens with one attached hydrogen (secondary N) is 1. The number of hydrogen-bond donors (Lipinski definition) is 1. The molecule has 7 heteroatoms. The largest absolute Gasteiger partial charge is 0.472 e. The summed E-state index contributed by atoms with van der Waals surface area (Å²) in [7, 11) is 0. The van der Waals surface area contributed by atoms with Crippen LogP contribution in [0.15, 0.2) is 121 Å². The Labute approximate surface area is 382 Å². The zero-order valence-corrected chi connectivity index (χ0v) is 37.8. The first-order valence-electron chi connectivity index (χ1n) is 23.8. The van der Waals surface area contributed by atoms with Crippen LogP contribution >= 0.6 is 0 Å². The predicted octanol–water partition coefficient (Wildman–Crippen LogP) is 14.4. The molecular weight excluding hydrogens is 810 g/mol. The van der Waals surface area contributed by atoms with E-state index in [0.29, 0.717) is 45.3 Å². The molecule has 0 aromatic heterocycles. The third-order valence-corrected chi connectivity index (χ3v) is 14.7. The minimum absolute atomic E-state index is 0.146. The maximum atomic E-state index is 16.1. The van der Waals surface area contributed by atoms with Gasteiger partial charge in [0.15, 0.2) is 5.60 Å². The van der Waals surface area contributed by atoms with Crippen molar-refractivity contribution in [3.05, 3.63) is 172 Å². The van der Waals surface area contributed by atoms with Gasteiger partial charge >= 0.3 is 5.97 Å². The van der Waals surface area contributed by atoms with Gasteiger partial charge in [0.05, 0.1) is 5.56 Å². The maximum Gasteiger partial charge on any atom is 0.340 e. The van der Waals surface area contributed by atoms with E-state index >= 15 is 4.39 Å². The smallest absolute Gasteiger partial charge is 0.340 e. The van der Waals surface area contributed by atoms with Crippen LogP contribution in [-0.4, -0.2) is 25.1 Å². The van der Waals surface area contributed by atoms with Gasteiger partial charge in [0.1, 0.15) is 17.2 Å². The molecule has 6 nitrogen and oxygen atoms in total. The highest BCUT2D eigenvalue weighted by atomic mass is 19.1. The van der Waals surface area contributed by atoms with E-state index in [9.17, 15) is 9.59 Å². The maximum absolute atomic E-state index is 16.1. The van der Waals surface area contributed by atoms with E-state index in [2.05, 4.69) is 48.6 Å². The number of amides is 1. The minimum Gasteiger partial charge on any atom is -0.472 e. The van der Waals surface area contributed by atoms with Gasteiger partial charge in [-0.15, -0.1) is 0 Å². The van der Waals surface area contributed by atoms with E-state index in [0.717, 1.165) is 65.2 Å². The fourth-order valence-electron chi connectivity index (χ4n) is 11.1. The molecule has 10 rings (SSSR count).